The molecule has 1 aromatic carbocycles. The van der Waals surface area contributed by atoms with E-state index in [1.165, 1.54) is 6.39 Å². The SMILES string of the molecule is CCNc1ncc(-c2ccc3ncoc3c2)cn1. The molecule has 1 N–H and O–H groups in total. The highest BCUT2D eigenvalue weighted by Gasteiger charge is 2.03. The van der Waals surface area contributed by atoms with Gasteiger partial charge in [-0.1, -0.05) is 6.07 Å². The van der Waals surface area contributed by atoms with Crippen molar-refractivity contribution in [3.05, 3.63) is 37.0 Å². The van der Waals surface area contributed by atoms with Crippen molar-refractivity contribution >= 4 is 17.0 Å². The van der Waals surface area contributed by atoms with E-state index < -0.39 is 0 Å². The zero-order valence-corrected chi connectivity index (χ0v) is 9.92. The molecule has 0 atom stereocenters. The molecule has 0 saturated heterocycles. The van der Waals surface area contributed by atoms with Gasteiger partial charge < -0.3 is 9.73 Å². The van der Waals surface area contributed by atoms with Crippen LogP contribution in [0.2, 0.25) is 0 Å². The zero-order chi connectivity index (χ0) is 12.4. The first kappa shape index (κ1) is 10.7. The van der Waals surface area contributed by atoms with Gasteiger partial charge in [0.15, 0.2) is 12.0 Å². The van der Waals surface area contributed by atoms with E-state index in [1.54, 1.807) is 12.4 Å². The molecule has 0 aliphatic rings. The van der Waals surface area contributed by atoms with E-state index in [2.05, 4.69) is 20.3 Å². The smallest absolute Gasteiger partial charge is 0.222 e. The van der Waals surface area contributed by atoms with E-state index in [9.17, 15) is 0 Å². The summed E-state index contributed by atoms with van der Waals surface area (Å²) in [5, 5.41) is 3.06. The van der Waals surface area contributed by atoms with Crippen LogP contribution < -0.4 is 5.32 Å². The second-order valence-electron chi connectivity index (χ2n) is 3.86. The van der Waals surface area contributed by atoms with Crippen LogP contribution in [0.4, 0.5) is 5.95 Å². The Kier molecular flexibility index (Phi) is 2.64. The minimum atomic E-state index is 0.641. The Morgan fingerprint density at radius 1 is 1.11 bits per heavy atom. The van der Waals surface area contributed by atoms with E-state index in [1.807, 2.05) is 25.1 Å². The fourth-order valence-electron chi connectivity index (χ4n) is 1.76. The van der Waals surface area contributed by atoms with Crippen molar-refractivity contribution in [2.24, 2.45) is 0 Å². The molecule has 0 bridgehead atoms. The first-order valence-corrected chi connectivity index (χ1v) is 5.76. The average molecular weight is 240 g/mol. The minimum absolute atomic E-state index is 0.641. The van der Waals surface area contributed by atoms with Crippen LogP contribution in [0.5, 0.6) is 0 Å². The molecule has 90 valence electrons. The number of hydrogen-bond acceptors (Lipinski definition) is 5. The van der Waals surface area contributed by atoms with Gasteiger partial charge in [-0.15, -0.1) is 0 Å². The lowest BCUT2D eigenvalue weighted by Gasteiger charge is -2.03. The summed E-state index contributed by atoms with van der Waals surface area (Å²) in [4.78, 5) is 12.6. The Hall–Kier alpha value is -2.43. The van der Waals surface area contributed by atoms with Gasteiger partial charge in [-0.3, -0.25) is 0 Å². The van der Waals surface area contributed by atoms with Crippen molar-refractivity contribution in [1.29, 1.82) is 0 Å². The van der Waals surface area contributed by atoms with Gasteiger partial charge in [0.05, 0.1) is 0 Å². The second-order valence-corrected chi connectivity index (χ2v) is 3.86. The van der Waals surface area contributed by atoms with E-state index in [-0.39, 0.29) is 0 Å². The molecule has 2 aromatic heterocycles. The van der Waals surface area contributed by atoms with Crippen molar-refractivity contribution in [3.8, 4) is 11.1 Å². The molecule has 3 rings (SSSR count). The molecule has 5 nitrogen and oxygen atoms in total. The number of aromatic nitrogens is 3. The Labute approximate surface area is 104 Å². The number of hydrogen-bond donors (Lipinski definition) is 1. The van der Waals surface area contributed by atoms with Crippen molar-refractivity contribution in [1.82, 2.24) is 15.0 Å². The van der Waals surface area contributed by atoms with Crippen LogP contribution in [-0.4, -0.2) is 21.5 Å². The summed E-state index contributed by atoms with van der Waals surface area (Å²) in [6.07, 6.45) is 5.03. The van der Waals surface area contributed by atoms with E-state index in [4.69, 9.17) is 4.42 Å². The zero-order valence-electron chi connectivity index (χ0n) is 9.92. The third kappa shape index (κ3) is 1.90. The molecule has 0 radical (unpaired) electrons. The van der Waals surface area contributed by atoms with Gasteiger partial charge in [0.25, 0.3) is 0 Å². The summed E-state index contributed by atoms with van der Waals surface area (Å²) < 4.78 is 5.28. The van der Waals surface area contributed by atoms with E-state index in [0.717, 1.165) is 28.8 Å². The summed E-state index contributed by atoms with van der Waals surface area (Å²) >= 11 is 0. The number of fused-ring (bicyclic) bond motifs is 1. The first-order chi connectivity index (χ1) is 8.86. The lowest BCUT2D eigenvalue weighted by atomic mass is 10.1. The van der Waals surface area contributed by atoms with Crippen LogP contribution in [0.25, 0.3) is 22.2 Å². The number of benzene rings is 1. The van der Waals surface area contributed by atoms with Crippen LogP contribution in [0.15, 0.2) is 41.4 Å². The molecule has 0 amide bonds. The molecule has 0 saturated carbocycles. The number of nitrogens with zero attached hydrogens (tertiary/aromatic N) is 3. The van der Waals surface area contributed by atoms with Gasteiger partial charge in [0, 0.05) is 24.5 Å². The Morgan fingerprint density at radius 3 is 2.72 bits per heavy atom. The lowest BCUT2D eigenvalue weighted by molar-refractivity contribution is 0.602. The molecule has 3 aromatic rings. The van der Waals surface area contributed by atoms with Crippen LogP contribution in [-0.2, 0) is 0 Å². The second kappa shape index (κ2) is 4.44. The predicted octanol–water partition coefficient (Wildman–Crippen LogP) is 2.72. The van der Waals surface area contributed by atoms with Gasteiger partial charge in [-0.05, 0) is 24.6 Å². The molecule has 0 aliphatic carbocycles. The van der Waals surface area contributed by atoms with Gasteiger partial charge >= 0.3 is 0 Å². The summed E-state index contributed by atoms with van der Waals surface area (Å²) in [6.45, 7) is 2.82. The fourth-order valence-corrected chi connectivity index (χ4v) is 1.76. The normalized spacial score (nSPS) is 10.7. The van der Waals surface area contributed by atoms with Crippen molar-refractivity contribution < 1.29 is 4.42 Å². The van der Waals surface area contributed by atoms with E-state index in [0.29, 0.717) is 5.95 Å². The minimum Gasteiger partial charge on any atom is -0.443 e. The third-order valence-corrected chi connectivity index (χ3v) is 2.65. The molecule has 0 spiro atoms. The molecular formula is C13H12N4O. The summed E-state index contributed by atoms with van der Waals surface area (Å²) in [5.41, 5.74) is 3.59. The maximum absolute atomic E-state index is 5.28. The maximum Gasteiger partial charge on any atom is 0.222 e. The van der Waals surface area contributed by atoms with Crippen LogP contribution in [0, 0.1) is 0 Å². The monoisotopic (exact) mass is 240 g/mol. The molecule has 18 heavy (non-hydrogen) atoms. The Morgan fingerprint density at radius 2 is 1.94 bits per heavy atom. The van der Waals surface area contributed by atoms with Gasteiger partial charge in [-0.2, -0.15) is 0 Å². The fraction of sp³-hybridized carbons (Fsp3) is 0.154. The summed E-state index contributed by atoms with van der Waals surface area (Å²) in [5.74, 6) is 0.641. The summed E-state index contributed by atoms with van der Waals surface area (Å²) in [6, 6.07) is 5.84. The highest BCUT2D eigenvalue weighted by Crippen LogP contribution is 2.23. The van der Waals surface area contributed by atoms with Crippen LogP contribution in [0.3, 0.4) is 0 Å². The first-order valence-electron chi connectivity index (χ1n) is 5.76. The Bertz CT molecular complexity index is 660. The summed E-state index contributed by atoms with van der Waals surface area (Å²) in [7, 11) is 0. The standard InChI is InChI=1S/C13H12N4O/c1-2-14-13-15-6-10(7-16-13)9-3-4-11-12(5-9)18-8-17-11/h3-8H,2H2,1H3,(H,14,15,16). The van der Waals surface area contributed by atoms with Crippen LogP contribution >= 0.6 is 0 Å². The predicted molar refractivity (Wildman–Crippen MR) is 69.2 cm³/mol. The highest BCUT2D eigenvalue weighted by atomic mass is 16.3. The third-order valence-electron chi connectivity index (χ3n) is 2.65. The molecule has 0 unspecified atom stereocenters. The Balaban J connectivity index is 1.97. The number of anilines is 1. The molecule has 5 heteroatoms. The highest BCUT2D eigenvalue weighted by molar-refractivity contribution is 5.79. The van der Waals surface area contributed by atoms with Gasteiger partial charge in [-0.25, -0.2) is 15.0 Å². The topological polar surface area (TPSA) is 63.8 Å². The number of rotatable bonds is 3. The molecular weight excluding hydrogens is 228 g/mol. The molecule has 0 aliphatic heterocycles. The lowest BCUT2D eigenvalue weighted by Crippen LogP contribution is -2.01. The number of nitrogens with one attached hydrogen (secondary N) is 1. The van der Waals surface area contributed by atoms with Crippen molar-refractivity contribution in [2.75, 3.05) is 11.9 Å². The van der Waals surface area contributed by atoms with Crippen molar-refractivity contribution in [3.63, 3.8) is 0 Å². The number of oxazole rings is 1. The quantitative estimate of drug-likeness (QED) is 0.762. The average Bonchev–Trinajstić information content (AvgIpc) is 2.87. The largest absolute Gasteiger partial charge is 0.443 e. The van der Waals surface area contributed by atoms with E-state index >= 15 is 0 Å². The van der Waals surface area contributed by atoms with Crippen LogP contribution in [0.1, 0.15) is 6.92 Å². The molecule has 2 heterocycles. The maximum atomic E-state index is 5.28. The van der Waals surface area contributed by atoms with Gasteiger partial charge in [0.1, 0.15) is 5.52 Å². The van der Waals surface area contributed by atoms with Crippen molar-refractivity contribution in [2.45, 2.75) is 6.92 Å². The van der Waals surface area contributed by atoms with Gasteiger partial charge in [0.2, 0.25) is 5.95 Å². The molecule has 0 fully saturated rings.